The van der Waals surface area contributed by atoms with Crippen molar-refractivity contribution in [2.75, 3.05) is 19.0 Å². The number of rotatable bonds is 5. The third-order valence-electron chi connectivity index (χ3n) is 6.29. The van der Waals surface area contributed by atoms with E-state index in [1.54, 1.807) is 24.3 Å². The smallest absolute Gasteiger partial charge is 0.259 e. The van der Waals surface area contributed by atoms with Gasteiger partial charge in [-0.1, -0.05) is 19.1 Å². The van der Waals surface area contributed by atoms with Crippen molar-refractivity contribution in [3.05, 3.63) is 53.3 Å². The van der Waals surface area contributed by atoms with Gasteiger partial charge in [0, 0.05) is 31.6 Å². The lowest BCUT2D eigenvalue weighted by Crippen LogP contribution is -2.42. The number of anilines is 1. The zero-order valence-electron chi connectivity index (χ0n) is 19.1. The number of para-hydroxylation sites is 1. The molecule has 7 heteroatoms. The highest BCUT2D eigenvalue weighted by Gasteiger charge is 2.26. The van der Waals surface area contributed by atoms with Crippen LogP contribution < -0.4 is 10.1 Å². The Morgan fingerprint density at radius 1 is 1.22 bits per heavy atom. The second-order valence-corrected chi connectivity index (χ2v) is 8.33. The summed E-state index contributed by atoms with van der Waals surface area (Å²) < 4.78 is 7.33. The highest BCUT2D eigenvalue weighted by atomic mass is 16.5. The summed E-state index contributed by atoms with van der Waals surface area (Å²) in [6, 6.07) is 10.9. The topological polar surface area (TPSA) is 76.5 Å². The zero-order valence-corrected chi connectivity index (χ0v) is 19.1. The van der Waals surface area contributed by atoms with Crippen molar-refractivity contribution >= 4 is 28.5 Å². The van der Waals surface area contributed by atoms with Gasteiger partial charge in [0.05, 0.1) is 29.4 Å². The van der Waals surface area contributed by atoms with E-state index in [4.69, 9.17) is 9.72 Å². The van der Waals surface area contributed by atoms with E-state index in [-0.39, 0.29) is 17.9 Å². The van der Waals surface area contributed by atoms with Crippen LogP contribution in [-0.4, -0.2) is 46.0 Å². The van der Waals surface area contributed by atoms with Crippen LogP contribution in [0.15, 0.2) is 36.4 Å². The monoisotopic (exact) mass is 434 g/mol. The van der Waals surface area contributed by atoms with Gasteiger partial charge in [-0.3, -0.25) is 9.59 Å². The maximum Gasteiger partial charge on any atom is 0.259 e. The molecule has 1 aliphatic rings. The van der Waals surface area contributed by atoms with Crippen molar-refractivity contribution in [1.82, 2.24) is 14.5 Å². The van der Waals surface area contributed by atoms with Crippen LogP contribution >= 0.6 is 0 Å². The Hall–Kier alpha value is -3.35. The van der Waals surface area contributed by atoms with E-state index < -0.39 is 0 Å². The molecule has 3 aromatic rings. The molecule has 168 valence electrons. The first-order valence-corrected chi connectivity index (χ1v) is 11.2. The van der Waals surface area contributed by atoms with Crippen LogP contribution in [0.25, 0.3) is 11.0 Å². The van der Waals surface area contributed by atoms with Crippen LogP contribution in [0, 0.1) is 0 Å². The standard InChI is InChI=1S/C25H30N4O3/c1-5-22-26-19-14-17(25(31)29-13-9-8-10-16(29)2)15-20(23(19)28(22)3)27-24(30)18-11-6-7-12-21(18)32-4/h6-7,11-12,14-16H,5,8-10,13H2,1-4H3,(H,27,30)/t16-/m1/s1. The average molecular weight is 435 g/mol. The van der Waals surface area contributed by atoms with E-state index >= 15 is 0 Å². The molecule has 0 radical (unpaired) electrons. The number of amides is 2. The molecule has 1 aliphatic heterocycles. The minimum Gasteiger partial charge on any atom is -0.496 e. The molecule has 1 aromatic heterocycles. The molecule has 0 unspecified atom stereocenters. The van der Waals surface area contributed by atoms with Crippen LogP contribution in [0.5, 0.6) is 5.75 Å². The van der Waals surface area contributed by atoms with Crippen LogP contribution in [0.3, 0.4) is 0 Å². The summed E-state index contributed by atoms with van der Waals surface area (Å²) in [4.78, 5) is 33.2. The number of nitrogens with zero attached hydrogens (tertiary/aromatic N) is 3. The second-order valence-electron chi connectivity index (χ2n) is 8.33. The minimum atomic E-state index is -0.293. The SMILES string of the molecule is CCc1nc2cc(C(=O)N3CCCC[C@H]3C)cc(NC(=O)c3ccccc3OC)c2n1C. The highest BCUT2D eigenvalue weighted by molar-refractivity contribution is 6.11. The van der Waals surface area contributed by atoms with Crippen LogP contribution in [0.4, 0.5) is 5.69 Å². The fourth-order valence-electron chi connectivity index (χ4n) is 4.52. The third kappa shape index (κ3) is 3.95. The first kappa shape index (κ1) is 21.9. The molecule has 32 heavy (non-hydrogen) atoms. The molecule has 2 amide bonds. The van der Waals surface area contributed by atoms with Crippen LogP contribution in [0.2, 0.25) is 0 Å². The number of imidazole rings is 1. The van der Waals surface area contributed by atoms with Gasteiger partial charge in [0.2, 0.25) is 0 Å². The number of carbonyl (C=O) groups is 2. The molecule has 1 atom stereocenters. The van der Waals surface area contributed by atoms with Crippen molar-refractivity contribution in [3.8, 4) is 5.75 Å². The van der Waals surface area contributed by atoms with Crippen molar-refractivity contribution in [3.63, 3.8) is 0 Å². The number of hydrogen-bond donors (Lipinski definition) is 1. The van der Waals surface area contributed by atoms with Crippen LogP contribution in [-0.2, 0) is 13.5 Å². The molecule has 1 fully saturated rings. The first-order chi connectivity index (χ1) is 15.4. The molecule has 7 nitrogen and oxygen atoms in total. The van der Waals surface area contributed by atoms with Gasteiger partial charge in [0.25, 0.3) is 11.8 Å². The fraction of sp³-hybridized carbons (Fsp3) is 0.400. The summed E-state index contributed by atoms with van der Waals surface area (Å²) >= 11 is 0. The maximum atomic E-state index is 13.4. The fourth-order valence-corrected chi connectivity index (χ4v) is 4.52. The Bertz CT molecular complexity index is 1170. The van der Waals surface area contributed by atoms with E-state index in [2.05, 4.69) is 12.2 Å². The number of methoxy groups -OCH3 is 1. The summed E-state index contributed by atoms with van der Waals surface area (Å²) in [5.41, 5.74) is 3.05. The van der Waals surface area contributed by atoms with E-state index in [1.807, 2.05) is 35.6 Å². The Morgan fingerprint density at radius 2 is 2.00 bits per heavy atom. The number of aryl methyl sites for hydroxylation is 2. The largest absolute Gasteiger partial charge is 0.496 e. The van der Waals surface area contributed by atoms with Crippen molar-refractivity contribution in [1.29, 1.82) is 0 Å². The molecule has 2 heterocycles. The summed E-state index contributed by atoms with van der Waals surface area (Å²) in [6.45, 7) is 4.88. The second kappa shape index (κ2) is 9.02. The molecular formula is C25H30N4O3. The van der Waals surface area contributed by atoms with E-state index in [1.165, 1.54) is 7.11 Å². The Kier molecular flexibility index (Phi) is 6.17. The quantitative estimate of drug-likeness (QED) is 0.645. The summed E-state index contributed by atoms with van der Waals surface area (Å²) in [5, 5.41) is 3.01. The number of nitrogens with one attached hydrogen (secondary N) is 1. The third-order valence-corrected chi connectivity index (χ3v) is 6.29. The first-order valence-electron chi connectivity index (χ1n) is 11.2. The number of benzene rings is 2. The van der Waals surface area contributed by atoms with Gasteiger partial charge >= 0.3 is 0 Å². The van der Waals surface area contributed by atoms with Gasteiger partial charge in [0.1, 0.15) is 11.6 Å². The normalized spacial score (nSPS) is 16.2. The van der Waals surface area contributed by atoms with Crippen LogP contribution in [0.1, 0.15) is 59.7 Å². The Morgan fingerprint density at radius 3 is 2.72 bits per heavy atom. The lowest BCUT2D eigenvalue weighted by Gasteiger charge is -2.33. The molecule has 1 N–H and O–H groups in total. The highest BCUT2D eigenvalue weighted by Crippen LogP contribution is 2.30. The Balaban J connectivity index is 1.78. The van der Waals surface area contributed by atoms with Crippen molar-refractivity contribution < 1.29 is 14.3 Å². The van der Waals surface area contributed by atoms with Gasteiger partial charge in [-0.15, -0.1) is 0 Å². The minimum absolute atomic E-state index is 0.0180. The van der Waals surface area contributed by atoms with Gasteiger partial charge in [-0.05, 0) is 50.5 Å². The van der Waals surface area contributed by atoms with Gasteiger partial charge in [-0.2, -0.15) is 0 Å². The number of ether oxygens (including phenoxy) is 1. The van der Waals surface area contributed by atoms with E-state index in [0.717, 1.165) is 43.6 Å². The predicted molar refractivity (Wildman–Crippen MR) is 125 cm³/mol. The Labute approximate surface area is 188 Å². The zero-order chi connectivity index (χ0) is 22.8. The van der Waals surface area contributed by atoms with Gasteiger partial charge in [0.15, 0.2) is 0 Å². The lowest BCUT2D eigenvalue weighted by molar-refractivity contribution is 0.0635. The predicted octanol–water partition coefficient (Wildman–Crippen LogP) is 4.41. The van der Waals surface area contributed by atoms with Crippen molar-refractivity contribution in [2.24, 2.45) is 7.05 Å². The molecule has 0 bridgehead atoms. The number of fused-ring (bicyclic) bond motifs is 1. The molecule has 0 aliphatic carbocycles. The molecule has 1 saturated heterocycles. The average Bonchev–Trinajstić information content (AvgIpc) is 3.14. The van der Waals surface area contributed by atoms with E-state index in [0.29, 0.717) is 28.1 Å². The lowest BCUT2D eigenvalue weighted by atomic mass is 10.0. The van der Waals surface area contributed by atoms with Crippen molar-refractivity contribution in [2.45, 2.75) is 45.6 Å². The number of hydrogen-bond acceptors (Lipinski definition) is 4. The summed E-state index contributed by atoms with van der Waals surface area (Å²) in [6.07, 6.45) is 3.91. The molecule has 0 spiro atoms. The number of piperidine rings is 1. The molecule has 0 saturated carbocycles. The molecular weight excluding hydrogens is 404 g/mol. The summed E-state index contributed by atoms with van der Waals surface area (Å²) in [5.74, 6) is 1.08. The van der Waals surface area contributed by atoms with E-state index in [9.17, 15) is 9.59 Å². The molecule has 2 aromatic carbocycles. The maximum absolute atomic E-state index is 13.4. The number of carbonyl (C=O) groups excluding carboxylic acids is 2. The van der Waals surface area contributed by atoms with Gasteiger partial charge in [-0.25, -0.2) is 4.98 Å². The number of aromatic nitrogens is 2. The summed E-state index contributed by atoms with van der Waals surface area (Å²) in [7, 11) is 3.47. The molecule has 4 rings (SSSR count). The van der Waals surface area contributed by atoms with Gasteiger partial charge < -0.3 is 19.5 Å². The number of likely N-dealkylation sites (tertiary alicyclic amines) is 1.